The normalized spacial score (nSPS) is 25.3. The van der Waals surface area contributed by atoms with E-state index in [1.807, 2.05) is 0 Å². The molecule has 0 N–H and O–H groups in total. The van der Waals surface area contributed by atoms with Crippen LogP contribution in [0.5, 0.6) is 0 Å². The summed E-state index contributed by atoms with van der Waals surface area (Å²) in [6.45, 7) is 2.47. The molecule has 2 heteroatoms. The maximum Gasteiger partial charge on any atom is 0.0130 e. The summed E-state index contributed by atoms with van der Waals surface area (Å²) in [4.78, 5) is 0. The van der Waals surface area contributed by atoms with Gasteiger partial charge < -0.3 is 0 Å². The SMILES string of the molecule is CN1CCCCCCCCCCN1C. The van der Waals surface area contributed by atoms with Crippen molar-refractivity contribution in [1.29, 1.82) is 0 Å². The van der Waals surface area contributed by atoms with Gasteiger partial charge >= 0.3 is 0 Å². The van der Waals surface area contributed by atoms with Gasteiger partial charge in [0.1, 0.15) is 0 Å². The Labute approximate surface area is 89.2 Å². The molecule has 1 rings (SSSR count). The number of rotatable bonds is 0. The van der Waals surface area contributed by atoms with E-state index in [4.69, 9.17) is 0 Å². The molecular weight excluding hydrogens is 172 g/mol. The Morgan fingerprint density at radius 3 is 1.14 bits per heavy atom. The van der Waals surface area contributed by atoms with Crippen molar-refractivity contribution in [2.75, 3.05) is 27.2 Å². The number of hydrogen-bond donors (Lipinski definition) is 0. The zero-order valence-corrected chi connectivity index (χ0v) is 9.97. The van der Waals surface area contributed by atoms with Crippen LogP contribution in [0, 0.1) is 0 Å². The first-order valence-electron chi connectivity index (χ1n) is 6.23. The molecule has 0 saturated carbocycles. The van der Waals surface area contributed by atoms with Crippen LogP contribution in [0.15, 0.2) is 0 Å². The van der Waals surface area contributed by atoms with Crippen molar-refractivity contribution < 1.29 is 0 Å². The Balaban J connectivity index is 2.23. The van der Waals surface area contributed by atoms with Crippen LogP contribution in [0.3, 0.4) is 0 Å². The van der Waals surface area contributed by atoms with Crippen molar-refractivity contribution in [3.05, 3.63) is 0 Å². The molecule has 0 aromatic heterocycles. The third-order valence-electron chi connectivity index (χ3n) is 3.30. The van der Waals surface area contributed by atoms with E-state index >= 15 is 0 Å². The fourth-order valence-electron chi connectivity index (χ4n) is 2.08. The molecule has 84 valence electrons. The molecule has 0 aromatic carbocycles. The Morgan fingerprint density at radius 2 is 0.786 bits per heavy atom. The van der Waals surface area contributed by atoms with Gasteiger partial charge in [0.25, 0.3) is 0 Å². The van der Waals surface area contributed by atoms with Crippen LogP contribution in [-0.4, -0.2) is 37.2 Å². The molecule has 0 bridgehead atoms. The molecule has 0 atom stereocenters. The minimum atomic E-state index is 1.23. The molecule has 0 amide bonds. The lowest BCUT2D eigenvalue weighted by atomic mass is 10.1. The first-order chi connectivity index (χ1) is 6.80. The van der Waals surface area contributed by atoms with Crippen LogP contribution in [0.1, 0.15) is 51.4 Å². The molecule has 1 aliphatic rings. The molecule has 1 saturated heterocycles. The van der Waals surface area contributed by atoms with E-state index in [0.717, 1.165) is 0 Å². The number of hydrogen-bond acceptors (Lipinski definition) is 2. The standard InChI is InChI=1S/C12H26N2/c1-13-11-9-7-5-3-4-6-8-10-12-14(13)2/h3-12H2,1-2H3. The minimum absolute atomic E-state index is 1.23. The Morgan fingerprint density at radius 1 is 0.500 bits per heavy atom. The highest BCUT2D eigenvalue weighted by Gasteiger charge is 2.05. The minimum Gasteiger partial charge on any atom is -0.245 e. The molecule has 0 aromatic rings. The Kier molecular flexibility index (Phi) is 6.20. The van der Waals surface area contributed by atoms with Crippen LogP contribution in [0.4, 0.5) is 0 Å². The maximum atomic E-state index is 2.38. The van der Waals surface area contributed by atoms with Crippen molar-refractivity contribution in [3.8, 4) is 0 Å². The Hall–Kier alpha value is -0.0800. The summed E-state index contributed by atoms with van der Waals surface area (Å²) in [6.07, 6.45) is 11.4. The van der Waals surface area contributed by atoms with Gasteiger partial charge in [-0.1, -0.05) is 38.5 Å². The van der Waals surface area contributed by atoms with Crippen molar-refractivity contribution in [2.45, 2.75) is 51.4 Å². The number of hydrazine groups is 1. The first kappa shape index (κ1) is 12.0. The van der Waals surface area contributed by atoms with Gasteiger partial charge in [-0.15, -0.1) is 0 Å². The first-order valence-corrected chi connectivity index (χ1v) is 6.23. The van der Waals surface area contributed by atoms with Gasteiger partial charge in [0.2, 0.25) is 0 Å². The predicted molar refractivity (Wildman–Crippen MR) is 62.2 cm³/mol. The second kappa shape index (κ2) is 7.24. The zero-order chi connectivity index (χ0) is 10.2. The second-order valence-electron chi connectivity index (χ2n) is 4.59. The van der Waals surface area contributed by atoms with Gasteiger partial charge in [-0.2, -0.15) is 0 Å². The maximum absolute atomic E-state index is 2.38. The summed E-state index contributed by atoms with van der Waals surface area (Å²) < 4.78 is 0. The van der Waals surface area contributed by atoms with Gasteiger partial charge in [0.15, 0.2) is 0 Å². The summed E-state index contributed by atoms with van der Waals surface area (Å²) in [7, 11) is 4.43. The summed E-state index contributed by atoms with van der Waals surface area (Å²) in [5, 5.41) is 4.75. The lowest BCUT2D eigenvalue weighted by Crippen LogP contribution is -2.37. The average molecular weight is 198 g/mol. The van der Waals surface area contributed by atoms with E-state index in [9.17, 15) is 0 Å². The molecule has 14 heavy (non-hydrogen) atoms. The van der Waals surface area contributed by atoms with Crippen molar-refractivity contribution in [1.82, 2.24) is 10.0 Å². The summed E-state index contributed by atoms with van der Waals surface area (Å²) in [5.41, 5.74) is 0. The van der Waals surface area contributed by atoms with Crippen molar-refractivity contribution >= 4 is 0 Å². The largest absolute Gasteiger partial charge is 0.245 e. The van der Waals surface area contributed by atoms with Crippen LogP contribution < -0.4 is 0 Å². The third-order valence-corrected chi connectivity index (χ3v) is 3.30. The highest BCUT2D eigenvalue weighted by molar-refractivity contribution is 4.54. The quantitative estimate of drug-likeness (QED) is 0.590. The molecule has 0 radical (unpaired) electrons. The van der Waals surface area contributed by atoms with Crippen LogP contribution in [0.2, 0.25) is 0 Å². The van der Waals surface area contributed by atoms with Gasteiger partial charge in [-0.25, -0.2) is 10.0 Å². The second-order valence-corrected chi connectivity index (χ2v) is 4.59. The van der Waals surface area contributed by atoms with Crippen LogP contribution in [0.25, 0.3) is 0 Å². The highest BCUT2D eigenvalue weighted by atomic mass is 15.6. The van der Waals surface area contributed by atoms with E-state index < -0.39 is 0 Å². The molecule has 2 nitrogen and oxygen atoms in total. The molecule has 1 heterocycles. The van der Waals surface area contributed by atoms with Gasteiger partial charge in [-0.05, 0) is 12.8 Å². The highest BCUT2D eigenvalue weighted by Crippen LogP contribution is 2.11. The average Bonchev–Trinajstić information content (AvgIpc) is 2.18. The van der Waals surface area contributed by atoms with Gasteiger partial charge in [-0.3, -0.25) is 0 Å². The smallest absolute Gasteiger partial charge is 0.0130 e. The predicted octanol–water partition coefficient (Wildman–Crippen LogP) is 2.90. The van der Waals surface area contributed by atoms with E-state index in [1.54, 1.807) is 0 Å². The molecule has 0 aliphatic carbocycles. The summed E-state index contributed by atoms with van der Waals surface area (Å²) in [6, 6.07) is 0. The molecule has 1 aliphatic heterocycles. The van der Waals surface area contributed by atoms with E-state index in [-0.39, 0.29) is 0 Å². The van der Waals surface area contributed by atoms with E-state index in [2.05, 4.69) is 24.1 Å². The van der Waals surface area contributed by atoms with E-state index in [1.165, 1.54) is 64.5 Å². The molecule has 0 unspecified atom stereocenters. The zero-order valence-electron chi connectivity index (χ0n) is 9.97. The van der Waals surface area contributed by atoms with Crippen molar-refractivity contribution in [2.24, 2.45) is 0 Å². The third kappa shape index (κ3) is 4.97. The van der Waals surface area contributed by atoms with Gasteiger partial charge in [0.05, 0.1) is 0 Å². The van der Waals surface area contributed by atoms with Crippen LogP contribution >= 0.6 is 0 Å². The van der Waals surface area contributed by atoms with Crippen molar-refractivity contribution in [3.63, 3.8) is 0 Å². The fraction of sp³-hybridized carbons (Fsp3) is 1.00. The topological polar surface area (TPSA) is 6.48 Å². The number of nitrogens with zero attached hydrogens (tertiary/aromatic N) is 2. The van der Waals surface area contributed by atoms with Crippen LogP contribution in [-0.2, 0) is 0 Å². The summed E-state index contributed by atoms with van der Waals surface area (Å²) in [5.74, 6) is 0. The molecule has 0 spiro atoms. The lowest BCUT2D eigenvalue weighted by molar-refractivity contribution is 0.0235. The van der Waals surface area contributed by atoms with E-state index in [0.29, 0.717) is 0 Å². The molecular formula is C12H26N2. The fourth-order valence-corrected chi connectivity index (χ4v) is 2.08. The van der Waals surface area contributed by atoms with Gasteiger partial charge in [0, 0.05) is 27.2 Å². The monoisotopic (exact) mass is 198 g/mol. The lowest BCUT2D eigenvalue weighted by Gasteiger charge is -2.28. The Bertz CT molecular complexity index is 120. The summed E-state index contributed by atoms with van der Waals surface area (Å²) >= 11 is 0. The molecule has 1 fully saturated rings.